The number of hydrogen-bond donors (Lipinski definition) is 3. The Labute approximate surface area is 164 Å². The molecule has 28 heavy (non-hydrogen) atoms. The molecule has 1 aliphatic heterocycles. The number of alkyl carbamates (subject to hydrolysis) is 2. The summed E-state index contributed by atoms with van der Waals surface area (Å²) < 4.78 is 10.5. The molecule has 1 heterocycles. The van der Waals surface area contributed by atoms with Gasteiger partial charge < -0.3 is 30.1 Å². The summed E-state index contributed by atoms with van der Waals surface area (Å²) >= 11 is 0. The first-order valence-corrected chi connectivity index (χ1v) is 9.15. The molecule has 10 nitrogen and oxygen atoms in total. The van der Waals surface area contributed by atoms with Crippen LogP contribution in [0.2, 0.25) is 0 Å². The van der Waals surface area contributed by atoms with Crippen molar-refractivity contribution < 1.29 is 33.8 Å². The van der Waals surface area contributed by atoms with Crippen LogP contribution in [0.25, 0.3) is 0 Å². The second-order valence-electron chi connectivity index (χ2n) is 8.70. The fourth-order valence-corrected chi connectivity index (χ4v) is 2.59. The van der Waals surface area contributed by atoms with Crippen molar-refractivity contribution in [2.45, 2.75) is 77.7 Å². The molecule has 10 heteroatoms. The molecule has 0 aromatic carbocycles. The maximum absolute atomic E-state index is 12.2. The third-order valence-electron chi connectivity index (χ3n) is 3.63. The number of nitrogens with one attached hydrogen (secondary N) is 2. The van der Waals surface area contributed by atoms with Gasteiger partial charge in [-0.3, -0.25) is 9.59 Å². The molecule has 0 aliphatic carbocycles. The molecule has 0 spiro atoms. The number of carbonyl (C=O) groups is 4. The van der Waals surface area contributed by atoms with Crippen molar-refractivity contribution >= 4 is 24.1 Å². The van der Waals surface area contributed by atoms with Crippen molar-refractivity contribution in [3.05, 3.63) is 0 Å². The summed E-state index contributed by atoms with van der Waals surface area (Å²) in [7, 11) is 0. The van der Waals surface area contributed by atoms with Gasteiger partial charge in [-0.1, -0.05) is 0 Å². The highest BCUT2D eigenvalue weighted by atomic mass is 16.6. The van der Waals surface area contributed by atoms with Gasteiger partial charge in [-0.2, -0.15) is 0 Å². The summed E-state index contributed by atoms with van der Waals surface area (Å²) in [4.78, 5) is 48.6. The normalized spacial score (nSPS) is 19.7. The van der Waals surface area contributed by atoms with Gasteiger partial charge in [0.05, 0.1) is 18.5 Å². The number of carboxylic acids is 1. The van der Waals surface area contributed by atoms with E-state index in [-0.39, 0.29) is 31.8 Å². The molecule has 1 rings (SSSR count). The summed E-state index contributed by atoms with van der Waals surface area (Å²) in [6.45, 7) is 10.6. The third-order valence-corrected chi connectivity index (χ3v) is 3.63. The van der Waals surface area contributed by atoms with Gasteiger partial charge in [0.2, 0.25) is 5.91 Å². The highest BCUT2D eigenvalue weighted by molar-refractivity contribution is 5.81. The van der Waals surface area contributed by atoms with Crippen molar-refractivity contribution in [3.63, 3.8) is 0 Å². The molecule has 0 aromatic rings. The van der Waals surface area contributed by atoms with E-state index < -0.39 is 41.4 Å². The lowest BCUT2D eigenvalue weighted by atomic mass is 10.1. The van der Waals surface area contributed by atoms with Gasteiger partial charge in [-0.15, -0.1) is 0 Å². The molecule has 0 bridgehead atoms. The van der Waals surface area contributed by atoms with Crippen LogP contribution in [0.3, 0.4) is 0 Å². The molecule has 3 N–H and O–H groups in total. The first kappa shape index (κ1) is 23.5. The standard InChI is InChI=1S/C18H31N3O7/c1-17(2,3)27-15(25)19-11-9-21(13(22)7-8-14(23)24)10-12(11)20-16(26)28-18(4,5)6/h11-12H,7-10H2,1-6H3,(H,19,25)(H,20,26)(H,23,24)/t11-,12-/m0/s1. The van der Waals surface area contributed by atoms with E-state index >= 15 is 0 Å². The molecule has 1 aliphatic rings. The molecule has 0 radical (unpaired) electrons. The monoisotopic (exact) mass is 401 g/mol. The number of amides is 3. The smallest absolute Gasteiger partial charge is 0.408 e. The van der Waals surface area contributed by atoms with Crippen LogP contribution in [-0.2, 0) is 19.1 Å². The number of hydrogen-bond acceptors (Lipinski definition) is 6. The van der Waals surface area contributed by atoms with Gasteiger partial charge in [0.25, 0.3) is 0 Å². The van der Waals surface area contributed by atoms with Crippen molar-refractivity contribution in [1.82, 2.24) is 15.5 Å². The number of rotatable bonds is 5. The van der Waals surface area contributed by atoms with E-state index in [0.29, 0.717) is 0 Å². The average molecular weight is 401 g/mol. The summed E-state index contributed by atoms with van der Waals surface area (Å²) in [5.41, 5.74) is -1.40. The van der Waals surface area contributed by atoms with E-state index in [1.54, 1.807) is 41.5 Å². The highest BCUT2D eigenvalue weighted by Gasteiger charge is 2.38. The third kappa shape index (κ3) is 8.92. The molecule has 3 amide bonds. The Morgan fingerprint density at radius 3 is 1.57 bits per heavy atom. The Morgan fingerprint density at radius 1 is 0.857 bits per heavy atom. The minimum absolute atomic E-state index is 0.123. The maximum atomic E-state index is 12.2. The minimum Gasteiger partial charge on any atom is -0.481 e. The van der Waals surface area contributed by atoms with Crippen LogP contribution in [0.1, 0.15) is 54.4 Å². The van der Waals surface area contributed by atoms with Gasteiger partial charge in [0.15, 0.2) is 0 Å². The topological polar surface area (TPSA) is 134 Å². The molecule has 0 unspecified atom stereocenters. The average Bonchev–Trinajstić information content (AvgIpc) is 2.83. The lowest BCUT2D eigenvalue weighted by Crippen LogP contribution is -2.52. The number of carbonyl (C=O) groups excluding carboxylic acids is 3. The lowest BCUT2D eigenvalue weighted by Gasteiger charge is -2.26. The number of carboxylic acid groups (broad SMARTS) is 1. The zero-order valence-corrected chi connectivity index (χ0v) is 17.3. The maximum Gasteiger partial charge on any atom is 0.408 e. The number of likely N-dealkylation sites (tertiary alicyclic amines) is 1. The lowest BCUT2D eigenvalue weighted by molar-refractivity contribution is -0.140. The quantitative estimate of drug-likeness (QED) is 0.635. The van der Waals surface area contributed by atoms with Gasteiger partial charge in [-0.05, 0) is 41.5 Å². The van der Waals surface area contributed by atoms with Gasteiger partial charge in [-0.25, -0.2) is 9.59 Å². The van der Waals surface area contributed by atoms with Gasteiger partial charge >= 0.3 is 18.2 Å². The number of aliphatic carboxylic acids is 1. The van der Waals surface area contributed by atoms with Crippen molar-refractivity contribution in [1.29, 1.82) is 0 Å². The molecule has 160 valence electrons. The zero-order chi connectivity index (χ0) is 21.7. The van der Waals surface area contributed by atoms with Gasteiger partial charge in [0.1, 0.15) is 11.2 Å². The Kier molecular flexibility index (Phi) is 7.66. The van der Waals surface area contributed by atoms with Crippen LogP contribution >= 0.6 is 0 Å². The van der Waals surface area contributed by atoms with Crippen molar-refractivity contribution in [2.75, 3.05) is 13.1 Å². The van der Waals surface area contributed by atoms with Crippen LogP contribution in [0, 0.1) is 0 Å². The predicted octanol–water partition coefficient (Wildman–Crippen LogP) is 1.48. The summed E-state index contributed by atoms with van der Waals surface area (Å²) in [5.74, 6) is -1.44. The zero-order valence-electron chi connectivity index (χ0n) is 17.3. The first-order valence-electron chi connectivity index (χ1n) is 9.15. The predicted molar refractivity (Wildman–Crippen MR) is 99.8 cm³/mol. The summed E-state index contributed by atoms with van der Waals surface area (Å²) in [5, 5.41) is 14.1. The second kappa shape index (κ2) is 9.11. The Bertz CT molecular complexity index is 569. The highest BCUT2D eigenvalue weighted by Crippen LogP contribution is 2.16. The Hall–Kier alpha value is -2.52. The van der Waals surface area contributed by atoms with Crippen LogP contribution < -0.4 is 10.6 Å². The molecule has 1 saturated heterocycles. The number of ether oxygens (including phenoxy) is 2. The van der Waals surface area contributed by atoms with E-state index in [4.69, 9.17) is 14.6 Å². The molecule has 1 fully saturated rings. The minimum atomic E-state index is -1.07. The molecule has 0 aromatic heterocycles. The van der Waals surface area contributed by atoms with Crippen molar-refractivity contribution in [2.24, 2.45) is 0 Å². The van der Waals surface area contributed by atoms with Crippen LogP contribution in [0.5, 0.6) is 0 Å². The Balaban J connectivity index is 2.81. The largest absolute Gasteiger partial charge is 0.481 e. The van der Waals surface area contributed by atoms with Crippen LogP contribution in [0.15, 0.2) is 0 Å². The molecule has 2 atom stereocenters. The SMILES string of the molecule is CC(C)(C)OC(=O)N[C@H]1CN(C(=O)CCC(=O)O)C[C@@H]1NC(=O)OC(C)(C)C. The van der Waals surface area contributed by atoms with Crippen LogP contribution in [0.4, 0.5) is 9.59 Å². The number of nitrogens with zero attached hydrogens (tertiary/aromatic N) is 1. The second-order valence-corrected chi connectivity index (χ2v) is 8.70. The fraction of sp³-hybridized carbons (Fsp3) is 0.778. The molecular weight excluding hydrogens is 370 g/mol. The fourth-order valence-electron chi connectivity index (χ4n) is 2.59. The van der Waals surface area contributed by atoms with E-state index in [2.05, 4.69) is 10.6 Å². The Morgan fingerprint density at radius 2 is 1.25 bits per heavy atom. The van der Waals surface area contributed by atoms with Crippen LogP contribution in [-0.4, -0.2) is 70.4 Å². The van der Waals surface area contributed by atoms with E-state index in [9.17, 15) is 19.2 Å². The van der Waals surface area contributed by atoms with Gasteiger partial charge in [0, 0.05) is 19.5 Å². The van der Waals surface area contributed by atoms with Crippen molar-refractivity contribution in [3.8, 4) is 0 Å². The summed E-state index contributed by atoms with van der Waals surface area (Å²) in [6.07, 6.45) is -1.79. The summed E-state index contributed by atoms with van der Waals surface area (Å²) in [6, 6.07) is -1.20. The van der Waals surface area contributed by atoms with E-state index in [1.807, 2.05) is 0 Å². The first-order chi connectivity index (χ1) is 12.7. The van der Waals surface area contributed by atoms with E-state index in [0.717, 1.165) is 0 Å². The molecular formula is C18H31N3O7. The molecule has 0 saturated carbocycles. The van der Waals surface area contributed by atoms with E-state index in [1.165, 1.54) is 4.90 Å².